The van der Waals surface area contributed by atoms with Gasteiger partial charge in [0.05, 0.1) is 0 Å². The van der Waals surface area contributed by atoms with Gasteiger partial charge in [0.15, 0.2) is 0 Å². The summed E-state index contributed by atoms with van der Waals surface area (Å²) in [6, 6.07) is 0. The highest BCUT2D eigenvalue weighted by Gasteiger charge is 2.15. The van der Waals surface area contributed by atoms with Crippen molar-refractivity contribution in [2.45, 2.75) is 45.4 Å². The molecule has 0 radical (unpaired) electrons. The molecule has 0 amide bonds. The second-order valence-electron chi connectivity index (χ2n) is 3.53. The van der Waals surface area contributed by atoms with Crippen LogP contribution in [0.2, 0.25) is 0 Å². The largest absolute Gasteiger partial charge is 0.130 e. The fraction of sp³-hybridized carbons (Fsp3) is 0.727. The maximum absolute atomic E-state index is 3.72. The maximum atomic E-state index is 3.72. The lowest BCUT2D eigenvalue weighted by Gasteiger charge is -2.22. The zero-order valence-electron chi connectivity index (χ0n) is 7.53. The molecule has 0 aromatic heterocycles. The van der Waals surface area contributed by atoms with Gasteiger partial charge in [-0.25, -0.2) is 0 Å². The van der Waals surface area contributed by atoms with Crippen molar-refractivity contribution in [1.29, 1.82) is 0 Å². The molecule has 0 saturated heterocycles. The lowest BCUT2D eigenvalue weighted by molar-refractivity contribution is 0.390. The summed E-state index contributed by atoms with van der Waals surface area (Å²) < 4.78 is 0. The molecule has 0 aromatic rings. The van der Waals surface area contributed by atoms with E-state index in [0.29, 0.717) is 0 Å². The van der Waals surface area contributed by atoms with Crippen LogP contribution in [0.5, 0.6) is 0 Å². The van der Waals surface area contributed by atoms with Gasteiger partial charge >= 0.3 is 0 Å². The SMILES string of the molecule is C=C=C1CCCC(CCC)C1. The first-order valence-corrected chi connectivity index (χ1v) is 4.74. The van der Waals surface area contributed by atoms with Gasteiger partial charge in [-0.05, 0) is 37.2 Å². The topological polar surface area (TPSA) is 0 Å². The van der Waals surface area contributed by atoms with Crippen molar-refractivity contribution >= 4 is 0 Å². The smallest absolute Gasteiger partial charge is 0.0216 e. The van der Waals surface area contributed by atoms with Gasteiger partial charge < -0.3 is 0 Å². The van der Waals surface area contributed by atoms with E-state index in [1.807, 2.05) is 0 Å². The average Bonchev–Trinajstić information content (AvgIpc) is 2.06. The molecular formula is C11H18. The Bertz CT molecular complexity index is 159. The van der Waals surface area contributed by atoms with Crippen LogP contribution < -0.4 is 0 Å². The molecule has 1 unspecified atom stereocenters. The van der Waals surface area contributed by atoms with Crippen molar-refractivity contribution in [3.05, 3.63) is 17.9 Å². The van der Waals surface area contributed by atoms with E-state index in [9.17, 15) is 0 Å². The number of hydrogen-bond acceptors (Lipinski definition) is 0. The molecule has 0 spiro atoms. The van der Waals surface area contributed by atoms with Gasteiger partial charge in [-0.3, -0.25) is 0 Å². The normalized spacial score (nSPS) is 24.8. The minimum atomic E-state index is 0.943. The second-order valence-corrected chi connectivity index (χ2v) is 3.53. The molecule has 0 N–H and O–H groups in total. The Hall–Kier alpha value is -0.480. The van der Waals surface area contributed by atoms with Gasteiger partial charge in [0, 0.05) is 0 Å². The zero-order valence-corrected chi connectivity index (χ0v) is 7.53. The molecular weight excluding hydrogens is 132 g/mol. The maximum Gasteiger partial charge on any atom is -0.0216 e. The fourth-order valence-electron chi connectivity index (χ4n) is 1.97. The van der Waals surface area contributed by atoms with Crippen LogP contribution in [-0.2, 0) is 0 Å². The molecule has 1 fully saturated rings. The van der Waals surface area contributed by atoms with E-state index in [2.05, 4.69) is 19.2 Å². The van der Waals surface area contributed by atoms with E-state index in [4.69, 9.17) is 0 Å². The molecule has 11 heavy (non-hydrogen) atoms. The molecule has 0 bridgehead atoms. The molecule has 0 nitrogen and oxygen atoms in total. The summed E-state index contributed by atoms with van der Waals surface area (Å²) in [6.07, 6.45) is 8.04. The third-order valence-electron chi connectivity index (χ3n) is 2.57. The standard InChI is InChI=1S/C11H18/c1-3-6-11-8-5-7-10(4-2)9-11/h11H,2-3,5-9H2,1H3. The van der Waals surface area contributed by atoms with Crippen molar-refractivity contribution < 1.29 is 0 Å². The highest BCUT2D eigenvalue weighted by molar-refractivity contribution is 5.03. The minimum Gasteiger partial charge on any atom is -0.130 e. The van der Waals surface area contributed by atoms with Gasteiger partial charge in [0.1, 0.15) is 0 Å². The Balaban J connectivity index is 2.39. The van der Waals surface area contributed by atoms with E-state index in [1.165, 1.54) is 44.1 Å². The van der Waals surface area contributed by atoms with Crippen molar-refractivity contribution in [2.75, 3.05) is 0 Å². The molecule has 0 aromatic carbocycles. The van der Waals surface area contributed by atoms with Crippen LogP contribution in [0.1, 0.15) is 45.4 Å². The fourth-order valence-corrected chi connectivity index (χ4v) is 1.97. The summed E-state index contributed by atoms with van der Waals surface area (Å²) in [5, 5.41) is 0. The average molecular weight is 150 g/mol. The van der Waals surface area contributed by atoms with E-state index in [0.717, 1.165) is 5.92 Å². The second kappa shape index (κ2) is 4.41. The number of hydrogen-bond donors (Lipinski definition) is 0. The van der Waals surface area contributed by atoms with E-state index < -0.39 is 0 Å². The Morgan fingerprint density at radius 1 is 1.64 bits per heavy atom. The van der Waals surface area contributed by atoms with Gasteiger partial charge in [-0.15, -0.1) is 5.73 Å². The molecule has 0 aliphatic heterocycles. The van der Waals surface area contributed by atoms with Crippen LogP contribution in [0, 0.1) is 5.92 Å². The van der Waals surface area contributed by atoms with E-state index in [-0.39, 0.29) is 0 Å². The highest BCUT2D eigenvalue weighted by atomic mass is 14.2. The van der Waals surface area contributed by atoms with Gasteiger partial charge in [0.25, 0.3) is 0 Å². The summed E-state index contributed by atoms with van der Waals surface area (Å²) in [5.74, 6) is 0.943. The quantitative estimate of drug-likeness (QED) is 0.527. The third-order valence-corrected chi connectivity index (χ3v) is 2.57. The lowest BCUT2D eigenvalue weighted by Crippen LogP contribution is -2.07. The Morgan fingerprint density at radius 2 is 2.45 bits per heavy atom. The molecule has 1 aliphatic rings. The summed E-state index contributed by atoms with van der Waals surface area (Å²) >= 11 is 0. The van der Waals surface area contributed by atoms with Gasteiger partial charge in [-0.2, -0.15) is 0 Å². The molecule has 62 valence electrons. The summed E-state index contributed by atoms with van der Waals surface area (Å²) in [6.45, 7) is 5.99. The molecule has 1 atom stereocenters. The third kappa shape index (κ3) is 2.55. The van der Waals surface area contributed by atoms with Crippen LogP contribution in [0.3, 0.4) is 0 Å². The molecule has 1 rings (SSSR count). The molecule has 1 saturated carbocycles. The first-order chi connectivity index (χ1) is 5.36. The van der Waals surface area contributed by atoms with Crippen LogP contribution in [-0.4, -0.2) is 0 Å². The minimum absolute atomic E-state index is 0.943. The van der Waals surface area contributed by atoms with E-state index in [1.54, 1.807) is 0 Å². The summed E-state index contributed by atoms with van der Waals surface area (Å²) in [4.78, 5) is 0. The van der Waals surface area contributed by atoms with E-state index >= 15 is 0 Å². The van der Waals surface area contributed by atoms with Crippen LogP contribution in [0.4, 0.5) is 0 Å². The summed E-state index contributed by atoms with van der Waals surface area (Å²) in [5.41, 5.74) is 4.53. The molecule has 0 heteroatoms. The predicted octanol–water partition coefficient (Wildman–Crippen LogP) is 3.69. The first kappa shape index (κ1) is 8.62. The van der Waals surface area contributed by atoms with Crippen molar-refractivity contribution in [2.24, 2.45) is 5.92 Å². The van der Waals surface area contributed by atoms with Crippen LogP contribution in [0.15, 0.2) is 17.9 Å². The van der Waals surface area contributed by atoms with Crippen molar-refractivity contribution in [3.63, 3.8) is 0 Å². The van der Waals surface area contributed by atoms with Crippen molar-refractivity contribution in [1.82, 2.24) is 0 Å². The lowest BCUT2D eigenvalue weighted by atomic mass is 9.83. The van der Waals surface area contributed by atoms with Crippen LogP contribution >= 0.6 is 0 Å². The zero-order chi connectivity index (χ0) is 8.10. The first-order valence-electron chi connectivity index (χ1n) is 4.74. The van der Waals surface area contributed by atoms with Gasteiger partial charge in [-0.1, -0.05) is 26.3 Å². The van der Waals surface area contributed by atoms with Gasteiger partial charge in [0.2, 0.25) is 0 Å². The monoisotopic (exact) mass is 150 g/mol. The molecule has 1 aliphatic carbocycles. The highest BCUT2D eigenvalue weighted by Crippen LogP contribution is 2.30. The Kier molecular flexibility index (Phi) is 3.45. The number of allylic oxidation sites excluding steroid dienone is 1. The van der Waals surface area contributed by atoms with Crippen LogP contribution in [0.25, 0.3) is 0 Å². The van der Waals surface area contributed by atoms with Crippen molar-refractivity contribution in [3.8, 4) is 0 Å². The number of rotatable bonds is 2. The Morgan fingerprint density at radius 3 is 3.09 bits per heavy atom. The molecule has 0 heterocycles. The predicted molar refractivity (Wildman–Crippen MR) is 49.5 cm³/mol. The summed E-state index contributed by atoms with van der Waals surface area (Å²) in [7, 11) is 0. The Labute approximate surface area is 70.0 Å².